The topological polar surface area (TPSA) is 3.24 Å². The molecular weight excluding hydrogens is 709 g/mol. The fraction of sp³-hybridized carbons (Fsp3) is 0.0526. The van der Waals surface area contributed by atoms with E-state index in [-0.39, 0.29) is 6.71 Å². The number of benzene rings is 9. The summed E-state index contributed by atoms with van der Waals surface area (Å²) in [5.41, 5.74) is 26.4. The minimum atomic E-state index is -0.102. The predicted molar refractivity (Wildman–Crippen MR) is 253 cm³/mol. The Balaban J connectivity index is 1.31. The molecule has 0 fully saturated rings. The van der Waals surface area contributed by atoms with Gasteiger partial charge in [-0.2, -0.15) is 0 Å². The van der Waals surface area contributed by atoms with E-state index in [9.17, 15) is 0 Å². The molecule has 9 aromatic rings. The first-order valence-electron chi connectivity index (χ1n) is 20.7. The van der Waals surface area contributed by atoms with Crippen LogP contribution < -0.4 is 21.3 Å². The zero-order valence-corrected chi connectivity index (χ0v) is 33.6. The second-order valence-electron chi connectivity index (χ2n) is 16.2. The van der Waals surface area contributed by atoms with Crippen LogP contribution in [-0.2, 0) is 0 Å². The van der Waals surface area contributed by atoms with Crippen LogP contribution in [0, 0.1) is 20.8 Å². The van der Waals surface area contributed by atoms with Gasteiger partial charge in [0, 0.05) is 22.5 Å². The summed E-state index contributed by atoms with van der Waals surface area (Å²) in [5, 5.41) is 0. The lowest BCUT2D eigenvalue weighted by molar-refractivity contribution is 1.30. The molecule has 0 N–H and O–H groups in total. The first-order chi connectivity index (χ1) is 29.0. The smallest absolute Gasteiger partial charge is 0.248 e. The van der Waals surface area contributed by atoms with Crippen LogP contribution in [0.1, 0.15) is 16.7 Å². The van der Waals surface area contributed by atoms with E-state index in [1.807, 2.05) is 0 Å². The SMILES string of the molecule is Cc1cc(C)c(-c2ccc3c(c2)B(c2c(-c4ccccc4)cc(-c4ccccc4)cc2-c2ccccc2)c2cccc4c2N3c2ccccc2-c2ccccc2-4)c(C)c1. The van der Waals surface area contributed by atoms with Crippen molar-refractivity contribution in [3.63, 3.8) is 0 Å². The Labute approximate surface area is 348 Å². The van der Waals surface area contributed by atoms with E-state index in [1.165, 1.54) is 117 Å². The summed E-state index contributed by atoms with van der Waals surface area (Å²) in [6.45, 7) is 6.62. The van der Waals surface area contributed by atoms with Gasteiger partial charge in [0.15, 0.2) is 0 Å². The molecule has 9 aromatic carbocycles. The van der Waals surface area contributed by atoms with Crippen LogP contribution in [-0.4, -0.2) is 6.71 Å². The van der Waals surface area contributed by atoms with E-state index in [2.05, 4.69) is 226 Å². The lowest BCUT2D eigenvalue weighted by Gasteiger charge is -2.39. The fourth-order valence-corrected chi connectivity index (χ4v) is 10.2. The zero-order chi connectivity index (χ0) is 39.6. The summed E-state index contributed by atoms with van der Waals surface area (Å²) in [6.07, 6.45) is 0. The number of hydrogen-bond acceptors (Lipinski definition) is 1. The van der Waals surface area contributed by atoms with Crippen molar-refractivity contribution in [1.82, 2.24) is 0 Å². The summed E-state index contributed by atoms with van der Waals surface area (Å²) >= 11 is 0. The highest BCUT2D eigenvalue weighted by molar-refractivity contribution is 6.99. The average molecular weight is 752 g/mol. The molecule has 2 heteroatoms. The number of para-hydroxylation sites is 2. The minimum Gasteiger partial charge on any atom is -0.310 e. The van der Waals surface area contributed by atoms with Crippen molar-refractivity contribution in [3.8, 4) is 66.8 Å². The van der Waals surface area contributed by atoms with Gasteiger partial charge in [-0.15, -0.1) is 0 Å². The highest BCUT2D eigenvalue weighted by Gasteiger charge is 2.41. The van der Waals surface area contributed by atoms with Crippen LogP contribution in [0.25, 0.3) is 66.8 Å². The highest BCUT2D eigenvalue weighted by atomic mass is 15.2. The molecule has 2 heterocycles. The standard InChI is InChI=1S/C57H42BN/c1-37-32-38(2)55(39(3)33-37)43-30-31-54-52(36-43)58(51-28-17-27-48-46-25-14-13-24-45(46)47-26-15-16-29-53(47)59(54)57(48)51)56-49(41-20-9-5-10-21-41)34-44(40-18-7-4-8-19-40)35-50(56)42-22-11-6-12-23-42/h4-36H,1-3H3. The Bertz CT molecular complexity index is 2990. The molecule has 0 saturated carbocycles. The second-order valence-corrected chi connectivity index (χ2v) is 16.2. The van der Waals surface area contributed by atoms with Crippen LogP contribution in [0.3, 0.4) is 0 Å². The summed E-state index contributed by atoms with van der Waals surface area (Å²) in [7, 11) is 0. The van der Waals surface area contributed by atoms with Gasteiger partial charge in [0.2, 0.25) is 6.71 Å². The Morgan fingerprint density at radius 1 is 0.339 bits per heavy atom. The van der Waals surface area contributed by atoms with Crippen LogP contribution >= 0.6 is 0 Å². The van der Waals surface area contributed by atoms with Crippen molar-refractivity contribution >= 4 is 40.2 Å². The Hall–Kier alpha value is -7.16. The molecule has 0 saturated heterocycles. The van der Waals surface area contributed by atoms with Gasteiger partial charge in [0.25, 0.3) is 0 Å². The molecular formula is C57H42BN. The third-order valence-corrected chi connectivity index (χ3v) is 12.5. The zero-order valence-electron chi connectivity index (χ0n) is 33.6. The summed E-state index contributed by atoms with van der Waals surface area (Å²) in [5.74, 6) is 0. The molecule has 59 heavy (non-hydrogen) atoms. The van der Waals surface area contributed by atoms with Crippen molar-refractivity contribution in [2.75, 3.05) is 4.90 Å². The molecule has 0 aliphatic carbocycles. The third-order valence-electron chi connectivity index (χ3n) is 12.5. The summed E-state index contributed by atoms with van der Waals surface area (Å²) in [6, 6.07) is 74.8. The summed E-state index contributed by atoms with van der Waals surface area (Å²) in [4.78, 5) is 2.58. The first kappa shape index (κ1) is 35.0. The molecule has 0 radical (unpaired) electrons. The maximum atomic E-state index is 2.58. The second kappa shape index (κ2) is 14.0. The van der Waals surface area contributed by atoms with Gasteiger partial charge in [0.1, 0.15) is 0 Å². The molecule has 11 rings (SSSR count). The largest absolute Gasteiger partial charge is 0.310 e. The third kappa shape index (κ3) is 5.70. The lowest BCUT2D eigenvalue weighted by atomic mass is 9.33. The normalized spacial score (nSPS) is 12.3. The maximum Gasteiger partial charge on any atom is 0.248 e. The molecule has 1 nitrogen and oxygen atoms in total. The van der Waals surface area contributed by atoms with Gasteiger partial charge in [-0.05, 0) is 123 Å². The number of rotatable bonds is 5. The monoisotopic (exact) mass is 751 g/mol. The number of aryl methyl sites for hydroxylation is 3. The molecule has 278 valence electrons. The van der Waals surface area contributed by atoms with Crippen molar-refractivity contribution in [3.05, 3.63) is 217 Å². The molecule has 0 spiro atoms. The average Bonchev–Trinajstić information content (AvgIpc) is 3.40. The van der Waals surface area contributed by atoms with Gasteiger partial charge >= 0.3 is 0 Å². The van der Waals surface area contributed by atoms with Gasteiger partial charge in [-0.1, -0.05) is 187 Å². The maximum absolute atomic E-state index is 2.58. The molecule has 0 unspecified atom stereocenters. The van der Waals surface area contributed by atoms with E-state index in [0.717, 1.165) is 0 Å². The van der Waals surface area contributed by atoms with Crippen molar-refractivity contribution in [1.29, 1.82) is 0 Å². The van der Waals surface area contributed by atoms with E-state index in [0.29, 0.717) is 0 Å². The fourth-order valence-electron chi connectivity index (χ4n) is 10.2. The molecule has 0 atom stereocenters. The van der Waals surface area contributed by atoms with Crippen molar-refractivity contribution < 1.29 is 0 Å². The van der Waals surface area contributed by atoms with Crippen molar-refractivity contribution in [2.24, 2.45) is 0 Å². The van der Waals surface area contributed by atoms with E-state index in [4.69, 9.17) is 0 Å². The van der Waals surface area contributed by atoms with Gasteiger partial charge < -0.3 is 4.90 Å². The quantitative estimate of drug-likeness (QED) is 0.158. The van der Waals surface area contributed by atoms with Gasteiger partial charge in [-0.3, -0.25) is 0 Å². The minimum absolute atomic E-state index is 0.102. The number of anilines is 3. The molecule has 2 aliphatic rings. The molecule has 0 aromatic heterocycles. The van der Waals surface area contributed by atoms with Gasteiger partial charge in [-0.25, -0.2) is 0 Å². The number of nitrogens with zero attached hydrogens (tertiary/aromatic N) is 1. The first-order valence-corrected chi connectivity index (χ1v) is 20.7. The number of fused-ring (bicyclic) bond motifs is 7. The van der Waals surface area contributed by atoms with Crippen LogP contribution in [0.2, 0.25) is 0 Å². The van der Waals surface area contributed by atoms with Crippen molar-refractivity contribution in [2.45, 2.75) is 20.8 Å². The molecule has 0 amide bonds. The Morgan fingerprint density at radius 3 is 1.49 bits per heavy atom. The molecule has 2 aliphatic heterocycles. The predicted octanol–water partition coefficient (Wildman–Crippen LogP) is 13.2. The number of hydrogen-bond donors (Lipinski definition) is 0. The Kier molecular flexibility index (Phi) is 8.34. The summed E-state index contributed by atoms with van der Waals surface area (Å²) < 4.78 is 0. The van der Waals surface area contributed by atoms with Crippen LogP contribution in [0.4, 0.5) is 17.1 Å². The van der Waals surface area contributed by atoms with Crippen LogP contribution in [0.15, 0.2) is 200 Å². The van der Waals surface area contributed by atoms with E-state index in [1.54, 1.807) is 0 Å². The Morgan fingerprint density at radius 2 is 0.864 bits per heavy atom. The van der Waals surface area contributed by atoms with E-state index >= 15 is 0 Å². The van der Waals surface area contributed by atoms with Crippen LogP contribution in [0.5, 0.6) is 0 Å². The molecule has 0 bridgehead atoms. The van der Waals surface area contributed by atoms with Gasteiger partial charge in [0.05, 0.1) is 5.69 Å². The highest BCUT2D eigenvalue weighted by Crippen LogP contribution is 2.51. The lowest BCUT2D eigenvalue weighted by Crippen LogP contribution is -2.58. The van der Waals surface area contributed by atoms with E-state index < -0.39 is 0 Å².